The second kappa shape index (κ2) is 10.9. The average Bonchev–Trinajstić information content (AvgIpc) is 2.93. The van der Waals surface area contributed by atoms with Gasteiger partial charge in [-0.3, -0.25) is 15.0 Å². The third-order valence-electron chi connectivity index (χ3n) is 7.73. The number of nitrogens with one attached hydrogen (secondary N) is 1. The van der Waals surface area contributed by atoms with E-state index in [1.165, 1.54) is 7.11 Å². The Morgan fingerprint density at radius 2 is 1.65 bits per heavy atom. The largest absolute Gasteiger partial charge is 0.511 e. The number of allylic oxidation sites excluding steroid dienone is 1. The second-order valence-electron chi connectivity index (χ2n) is 10.4. The van der Waals surface area contributed by atoms with Crippen molar-refractivity contribution in [2.24, 2.45) is 11.0 Å². The molecule has 0 aliphatic heterocycles. The summed E-state index contributed by atoms with van der Waals surface area (Å²) in [5, 5.41) is 19.0. The fourth-order valence-corrected chi connectivity index (χ4v) is 6.09. The number of aryl methyl sites for hydroxylation is 3. The van der Waals surface area contributed by atoms with Crippen LogP contribution in [-0.2, 0) is 14.3 Å². The van der Waals surface area contributed by atoms with Gasteiger partial charge in [-0.1, -0.05) is 67.1 Å². The van der Waals surface area contributed by atoms with Gasteiger partial charge in [-0.2, -0.15) is 5.10 Å². The minimum atomic E-state index is -1.02. The molecule has 2 atom stereocenters. The first kappa shape index (κ1) is 27.1. The Bertz CT molecular complexity index is 1700. The molecular weight excluding hydrogens is 502 g/mol. The van der Waals surface area contributed by atoms with Crippen molar-refractivity contribution in [3.05, 3.63) is 94.2 Å². The Kier molecular flexibility index (Phi) is 7.39. The smallest absolute Gasteiger partial charge is 0.317 e. The SMILES string of the molecule is CCC(=NNc1nc2ccccc2c2ccccc12)C1=C(O)C(C(=O)OC)C(c2c(C)cc(C)cc2C)CC1=O. The summed E-state index contributed by atoms with van der Waals surface area (Å²) in [6, 6.07) is 19.8. The lowest BCUT2D eigenvalue weighted by atomic mass is 9.71. The molecule has 1 aromatic heterocycles. The number of hydrazone groups is 1. The van der Waals surface area contributed by atoms with Crippen LogP contribution in [-0.4, -0.2) is 34.7 Å². The molecule has 0 spiro atoms. The van der Waals surface area contributed by atoms with Gasteiger partial charge in [0.2, 0.25) is 0 Å². The van der Waals surface area contributed by atoms with Crippen LogP contribution in [0.25, 0.3) is 21.7 Å². The van der Waals surface area contributed by atoms with Crippen LogP contribution in [0.15, 0.2) is 77.1 Å². The molecule has 3 aromatic carbocycles. The Morgan fingerprint density at radius 1 is 1.02 bits per heavy atom. The minimum absolute atomic E-state index is 0.0556. The number of aromatic nitrogens is 1. The van der Waals surface area contributed by atoms with Gasteiger partial charge in [-0.15, -0.1) is 0 Å². The van der Waals surface area contributed by atoms with Crippen LogP contribution in [0.2, 0.25) is 0 Å². The van der Waals surface area contributed by atoms with E-state index in [4.69, 9.17) is 9.72 Å². The van der Waals surface area contributed by atoms with Gasteiger partial charge in [0.15, 0.2) is 11.6 Å². The minimum Gasteiger partial charge on any atom is -0.511 e. The van der Waals surface area contributed by atoms with Gasteiger partial charge in [-0.05, 0) is 55.3 Å². The van der Waals surface area contributed by atoms with Gasteiger partial charge in [0, 0.05) is 23.1 Å². The summed E-state index contributed by atoms with van der Waals surface area (Å²) >= 11 is 0. The molecule has 204 valence electrons. The number of esters is 1. The van der Waals surface area contributed by atoms with E-state index in [1.807, 2.05) is 88.4 Å². The van der Waals surface area contributed by atoms with Crippen LogP contribution < -0.4 is 5.43 Å². The predicted octanol–water partition coefficient (Wildman–Crippen LogP) is 6.85. The molecule has 1 heterocycles. The number of rotatable bonds is 6. The molecule has 7 heteroatoms. The molecule has 0 radical (unpaired) electrons. The lowest BCUT2D eigenvalue weighted by Crippen LogP contribution is -2.36. The number of carbonyl (C=O) groups excluding carboxylic acids is 2. The van der Waals surface area contributed by atoms with E-state index in [1.54, 1.807) is 0 Å². The Balaban J connectivity index is 1.60. The summed E-state index contributed by atoms with van der Waals surface area (Å²) in [6.45, 7) is 7.80. The molecule has 0 amide bonds. The average molecular weight is 536 g/mol. The number of hydrogen-bond donors (Lipinski definition) is 2. The summed E-state index contributed by atoms with van der Waals surface area (Å²) in [4.78, 5) is 31.5. The molecule has 0 saturated carbocycles. The number of ether oxygens (including phenoxy) is 1. The molecule has 1 aliphatic carbocycles. The molecule has 5 rings (SSSR count). The molecular formula is C33H33N3O4. The summed E-state index contributed by atoms with van der Waals surface area (Å²) in [6.07, 6.45) is 0.408. The van der Waals surface area contributed by atoms with Crippen LogP contribution in [0.5, 0.6) is 0 Å². The molecule has 1 aliphatic rings. The van der Waals surface area contributed by atoms with E-state index in [2.05, 4.69) is 10.5 Å². The van der Waals surface area contributed by atoms with Crippen molar-refractivity contribution in [2.45, 2.75) is 46.5 Å². The number of benzene rings is 3. The van der Waals surface area contributed by atoms with Crippen molar-refractivity contribution < 1.29 is 19.4 Å². The number of aliphatic hydroxyl groups is 1. The molecule has 0 saturated heterocycles. The highest BCUT2D eigenvalue weighted by atomic mass is 16.5. The Labute approximate surface area is 233 Å². The zero-order valence-corrected chi connectivity index (χ0v) is 23.4. The van der Waals surface area contributed by atoms with Gasteiger partial charge in [0.1, 0.15) is 11.7 Å². The molecule has 2 N–H and O–H groups in total. The third kappa shape index (κ3) is 4.72. The standard InChI is InChI=1S/C33H33N3O4/c1-6-25(35-36-32-23-13-8-7-11-21(23)22-12-9-10-14-26(22)34-32)30-27(37)17-24(29(31(30)38)33(39)40-5)28-19(3)15-18(2)16-20(28)4/h7-16,24,29,38H,6,17H2,1-5H3,(H,34,36). The number of carbonyl (C=O) groups is 2. The zero-order valence-electron chi connectivity index (χ0n) is 23.4. The number of fused-ring (bicyclic) bond motifs is 3. The van der Waals surface area contributed by atoms with Crippen LogP contribution in [0, 0.1) is 26.7 Å². The van der Waals surface area contributed by atoms with Crippen molar-refractivity contribution in [3.8, 4) is 0 Å². The maximum absolute atomic E-state index is 13.6. The summed E-state index contributed by atoms with van der Waals surface area (Å²) in [5.41, 5.74) is 8.21. The molecule has 0 bridgehead atoms. The number of Topliss-reactive ketones (excluding diaryl/α,β-unsaturated/α-hetero) is 1. The van der Waals surface area contributed by atoms with Crippen LogP contribution >= 0.6 is 0 Å². The Hall–Kier alpha value is -4.52. The van der Waals surface area contributed by atoms with Crippen molar-refractivity contribution in [1.29, 1.82) is 0 Å². The number of nitrogens with zero attached hydrogens (tertiary/aromatic N) is 2. The van der Waals surface area contributed by atoms with Crippen LogP contribution in [0.3, 0.4) is 0 Å². The first-order valence-corrected chi connectivity index (χ1v) is 13.5. The number of aliphatic hydroxyl groups excluding tert-OH is 1. The maximum atomic E-state index is 13.6. The highest BCUT2D eigenvalue weighted by molar-refractivity contribution is 6.24. The van der Waals surface area contributed by atoms with Crippen molar-refractivity contribution in [1.82, 2.24) is 4.98 Å². The van der Waals surface area contributed by atoms with Gasteiger partial charge >= 0.3 is 5.97 Å². The topological polar surface area (TPSA) is 101 Å². The fourth-order valence-electron chi connectivity index (χ4n) is 6.09. The van der Waals surface area contributed by atoms with E-state index >= 15 is 0 Å². The van der Waals surface area contributed by atoms with E-state index < -0.39 is 17.8 Å². The predicted molar refractivity (Wildman–Crippen MR) is 159 cm³/mol. The van der Waals surface area contributed by atoms with E-state index in [0.29, 0.717) is 18.0 Å². The van der Waals surface area contributed by atoms with Gasteiger partial charge in [0.05, 0.1) is 23.9 Å². The summed E-state index contributed by atoms with van der Waals surface area (Å²) < 4.78 is 5.12. The molecule has 40 heavy (non-hydrogen) atoms. The van der Waals surface area contributed by atoms with Crippen LogP contribution in [0.1, 0.15) is 47.9 Å². The fraction of sp³-hybridized carbons (Fsp3) is 0.273. The van der Waals surface area contributed by atoms with Crippen molar-refractivity contribution >= 4 is 45.0 Å². The van der Waals surface area contributed by atoms with Crippen molar-refractivity contribution in [2.75, 3.05) is 12.5 Å². The molecule has 2 unspecified atom stereocenters. The second-order valence-corrected chi connectivity index (χ2v) is 10.4. The molecule has 4 aromatic rings. The number of pyridine rings is 1. The Morgan fingerprint density at radius 3 is 2.30 bits per heavy atom. The first-order chi connectivity index (χ1) is 19.2. The molecule has 7 nitrogen and oxygen atoms in total. The monoisotopic (exact) mass is 535 g/mol. The zero-order chi connectivity index (χ0) is 28.6. The quantitative estimate of drug-likeness (QED) is 0.121. The summed E-state index contributed by atoms with van der Waals surface area (Å²) in [7, 11) is 1.30. The highest BCUT2D eigenvalue weighted by Gasteiger charge is 2.44. The van der Waals surface area contributed by atoms with E-state index in [9.17, 15) is 14.7 Å². The number of ketones is 1. The van der Waals surface area contributed by atoms with Gasteiger partial charge < -0.3 is 9.84 Å². The third-order valence-corrected chi connectivity index (χ3v) is 7.73. The van der Waals surface area contributed by atoms with Gasteiger partial charge in [0.25, 0.3) is 0 Å². The van der Waals surface area contributed by atoms with Gasteiger partial charge in [-0.25, -0.2) is 4.98 Å². The van der Waals surface area contributed by atoms with E-state index in [0.717, 1.165) is 43.9 Å². The van der Waals surface area contributed by atoms with E-state index in [-0.39, 0.29) is 23.5 Å². The maximum Gasteiger partial charge on any atom is 0.317 e. The molecule has 0 fully saturated rings. The lowest BCUT2D eigenvalue weighted by Gasteiger charge is -2.32. The number of methoxy groups -OCH3 is 1. The highest BCUT2D eigenvalue weighted by Crippen LogP contribution is 2.43. The number of para-hydroxylation sites is 1. The lowest BCUT2D eigenvalue weighted by molar-refractivity contribution is -0.146. The first-order valence-electron chi connectivity index (χ1n) is 13.5. The van der Waals surface area contributed by atoms with Crippen molar-refractivity contribution in [3.63, 3.8) is 0 Å². The summed E-state index contributed by atoms with van der Waals surface area (Å²) in [5.74, 6) is -2.17. The number of hydrogen-bond acceptors (Lipinski definition) is 7. The number of anilines is 1. The normalized spacial score (nSPS) is 17.9. The van der Waals surface area contributed by atoms with Crippen LogP contribution in [0.4, 0.5) is 5.82 Å².